The predicted molar refractivity (Wildman–Crippen MR) is 66.2 cm³/mol. The summed E-state index contributed by atoms with van der Waals surface area (Å²) in [5.74, 6) is -1.43. The Morgan fingerprint density at radius 2 is 2.21 bits per heavy atom. The van der Waals surface area contributed by atoms with Crippen molar-refractivity contribution in [3.05, 3.63) is 29.8 Å². The third-order valence-electron chi connectivity index (χ3n) is 3.57. The molecule has 1 N–H and O–H groups in total. The van der Waals surface area contributed by atoms with Crippen LogP contribution in [0.5, 0.6) is 0 Å². The number of aromatic nitrogens is 1. The summed E-state index contributed by atoms with van der Waals surface area (Å²) in [6, 6.07) is 2.69. The van der Waals surface area contributed by atoms with Crippen molar-refractivity contribution in [3.8, 4) is 0 Å². The molecule has 0 aromatic carbocycles. The molecule has 1 aromatic heterocycles. The first-order valence-corrected chi connectivity index (χ1v) is 6.29. The molecule has 1 fully saturated rings. The average Bonchev–Trinajstić information content (AvgIpc) is 2.43. The van der Waals surface area contributed by atoms with Crippen molar-refractivity contribution in [1.82, 2.24) is 9.88 Å². The van der Waals surface area contributed by atoms with Crippen LogP contribution in [0.1, 0.15) is 19.0 Å². The van der Waals surface area contributed by atoms with E-state index in [-0.39, 0.29) is 0 Å². The number of carbonyl (C=O) groups is 1. The third kappa shape index (κ3) is 2.46. The van der Waals surface area contributed by atoms with Gasteiger partial charge in [-0.25, -0.2) is 9.18 Å². The van der Waals surface area contributed by atoms with Crippen LogP contribution in [0.3, 0.4) is 0 Å². The molecule has 0 saturated carbocycles. The number of hydrogen-bond acceptors (Lipinski definition) is 4. The highest BCUT2D eigenvalue weighted by atomic mass is 19.1. The van der Waals surface area contributed by atoms with Crippen molar-refractivity contribution < 1.29 is 19.0 Å². The molecular formula is C13H17FN2O3. The van der Waals surface area contributed by atoms with E-state index in [0.29, 0.717) is 38.4 Å². The molecule has 1 atom stereocenters. The van der Waals surface area contributed by atoms with Gasteiger partial charge in [-0.2, -0.15) is 0 Å². The van der Waals surface area contributed by atoms with Crippen LogP contribution in [0.25, 0.3) is 0 Å². The number of morpholine rings is 1. The standard InChI is InChI=1S/C13H17FN2O3/c1-2-13(12(17)18,16-5-7-19-8-6-16)11-4-3-10(14)9-15-11/h3-4,9H,2,5-8H2,1H3,(H,17,18). The summed E-state index contributed by atoms with van der Waals surface area (Å²) < 4.78 is 18.2. The number of carboxylic acids is 1. The molecule has 0 amide bonds. The molecule has 1 unspecified atom stereocenters. The van der Waals surface area contributed by atoms with Gasteiger partial charge in [0.05, 0.1) is 25.1 Å². The highest BCUT2D eigenvalue weighted by Gasteiger charge is 2.46. The molecule has 2 rings (SSSR count). The maximum atomic E-state index is 13.0. The van der Waals surface area contributed by atoms with Gasteiger partial charge in [0.2, 0.25) is 0 Å². The molecule has 1 aromatic rings. The Morgan fingerprint density at radius 3 is 2.68 bits per heavy atom. The van der Waals surface area contributed by atoms with Crippen LogP contribution >= 0.6 is 0 Å². The van der Waals surface area contributed by atoms with Gasteiger partial charge in [-0.15, -0.1) is 0 Å². The lowest BCUT2D eigenvalue weighted by molar-refractivity contribution is -0.157. The Morgan fingerprint density at radius 1 is 1.53 bits per heavy atom. The lowest BCUT2D eigenvalue weighted by Gasteiger charge is -2.41. The first kappa shape index (κ1) is 13.9. The summed E-state index contributed by atoms with van der Waals surface area (Å²) in [4.78, 5) is 17.6. The highest BCUT2D eigenvalue weighted by molar-refractivity contribution is 5.80. The summed E-state index contributed by atoms with van der Waals surface area (Å²) in [7, 11) is 0. The number of aliphatic carboxylic acids is 1. The Hall–Kier alpha value is -1.53. The van der Waals surface area contributed by atoms with E-state index in [9.17, 15) is 14.3 Å². The predicted octanol–water partition coefficient (Wildman–Crippen LogP) is 1.24. The van der Waals surface area contributed by atoms with Crippen LogP contribution < -0.4 is 0 Å². The molecule has 1 aliphatic rings. The van der Waals surface area contributed by atoms with Gasteiger partial charge in [0.15, 0.2) is 5.54 Å². The minimum absolute atomic E-state index is 0.362. The van der Waals surface area contributed by atoms with Gasteiger partial charge < -0.3 is 9.84 Å². The zero-order valence-corrected chi connectivity index (χ0v) is 10.8. The van der Waals surface area contributed by atoms with Crippen LogP contribution in [0.2, 0.25) is 0 Å². The second-order valence-electron chi connectivity index (χ2n) is 4.48. The Balaban J connectivity index is 2.43. The van der Waals surface area contributed by atoms with Crippen LogP contribution in [0.15, 0.2) is 18.3 Å². The lowest BCUT2D eigenvalue weighted by atomic mass is 9.88. The van der Waals surface area contributed by atoms with Crippen LogP contribution in [-0.2, 0) is 15.1 Å². The van der Waals surface area contributed by atoms with Gasteiger partial charge in [-0.1, -0.05) is 6.92 Å². The third-order valence-corrected chi connectivity index (χ3v) is 3.57. The first-order chi connectivity index (χ1) is 9.11. The Labute approximate surface area is 111 Å². The van der Waals surface area contributed by atoms with Crippen LogP contribution in [0, 0.1) is 5.82 Å². The number of hydrogen-bond donors (Lipinski definition) is 1. The molecule has 1 aliphatic heterocycles. The van der Waals surface area contributed by atoms with Gasteiger partial charge in [0.1, 0.15) is 5.82 Å². The van der Waals surface area contributed by atoms with Crippen molar-refractivity contribution in [3.63, 3.8) is 0 Å². The fraction of sp³-hybridized carbons (Fsp3) is 0.538. The fourth-order valence-corrected chi connectivity index (χ4v) is 2.53. The van der Waals surface area contributed by atoms with Crippen molar-refractivity contribution in [1.29, 1.82) is 0 Å². The zero-order chi connectivity index (χ0) is 13.9. The SMILES string of the molecule is CCC(C(=O)O)(c1ccc(F)cn1)N1CCOCC1. The highest BCUT2D eigenvalue weighted by Crippen LogP contribution is 2.32. The topological polar surface area (TPSA) is 62.7 Å². The zero-order valence-electron chi connectivity index (χ0n) is 10.8. The quantitative estimate of drug-likeness (QED) is 0.890. The summed E-state index contributed by atoms with van der Waals surface area (Å²) >= 11 is 0. The molecular weight excluding hydrogens is 251 g/mol. The van der Waals surface area contributed by atoms with Crippen molar-refractivity contribution >= 4 is 5.97 Å². The van der Waals surface area contributed by atoms with Gasteiger partial charge >= 0.3 is 5.97 Å². The van der Waals surface area contributed by atoms with E-state index in [2.05, 4.69) is 4.98 Å². The van der Waals surface area contributed by atoms with Crippen molar-refractivity contribution in [2.45, 2.75) is 18.9 Å². The van der Waals surface area contributed by atoms with E-state index in [1.165, 1.54) is 12.1 Å². The summed E-state index contributed by atoms with van der Waals surface area (Å²) in [6.45, 7) is 3.85. The molecule has 5 nitrogen and oxygen atoms in total. The molecule has 0 bridgehead atoms. The summed E-state index contributed by atoms with van der Waals surface area (Å²) in [5, 5.41) is 9.68. The molecule has 104 valence electrons. The molecule has 0 radical (unpaired) electrons. The minimum atomic E-state index is -1.21. The van der Waals surface area contributed by atoms with E-state index in [1.807, 2.05) is 4.90 Å². The molecule has 6 heteroatoms. The maximum absolute atomic E-state index is 13.0. The second-order valence-corrected chi connectivity index (χ2v) is 4.48. The molecule has 0 spiro atoms. The van der Waals surface area contributed by atoms with Crippen molar-refractivity contribution in [2.24, 2.45) is 0 Å². The molecule has 1 saturated heterocycles. The van der Waals surface area contributed by atoms with Gasteiger partial charge in [0, 0.05) is 13.1 Å². The van der Waals surface area contributed by atoms with E-state index < -0.39 is 17.3 Å². The molecule has 0 aliphatic carbocycles. The van der Waals surface area contributed by atoms with Gasteiger partial charge in [0.25, 0.3) is 0 Å². The van der Waals surface area contributed by atoms with E-state index in [0.717, 1.165) is 6.20 Å². The Bertz CT molecular complexity index is 446. The fourth-order valence-electron chi connectivity index (χ4n) is 2.53. The minimum Gasteiger partial charge on any atom is -0.480 e. The van der Waals surface area contributed by atoms with E-state index in [1.54, 1.807) is 6.92 Å². The number of halogens is 1. The summed E-state index contributed by atoms with van der Waals surface area (Å²) in [6.07, 6.45) is 1.42. The number of ether oxygens (including phenoxy) is 1. The largest absolute Gasteiger partial charge is 0.480 e. The number of nitrogens with zero attached hydrogens (tertiary/aromatic N) is 2. The van der Waals surface area contributed by atoms with Crippen molar-refractivity contribution in [2.75, 3.05) is 26.3 Å². The van der Waals surface area contributed by atoms with Crippen LogP contribution in [-0.4, -0.2) is 47.3 Å². The molecule has 19 heavy (non-hydrogen) atoms. The van der Waals surface area contributed by atoms with Crippen LogP contribution in [0.4, 0.5) is 4.39 Å². The monoisotopic (exact) mass is 268 g/mol. The lowest BCUT2D eigenvalue weighted by Crippen LogP contribution is -2.56. The smallest absolute Gasteiger partial charge is 0.330 e. The number of rotatable bonds is 4. The number of pyridine rings is 1. The van der Waals surface area contributed by atoms with E-state index in [4.69, 9.17) is 4.74 Å². The summed E-state index contributed by atoms with van der Waals surface area (Å²) in [5.41, 5.74) is -0.844. The van der Waals surface area contributed by atoms with E-state index >= 15 is 0 Å². The Kier molecular flexibility index (Phi) is 4.11. The first-order valence-electron chi connectivity index (χ1n) is 6.29. The molecule has 2 heterocycles. The normalized spacial score (nSPS) is 19.9. The average molecular weight is 268 g/mol. The van der Waals surface area contributed by atoms with Gasteiger partial charge in [-0.05, 0) is 18.6 Å². The van der Waals surface area contributed by atoms with Gasteiger partial charge in [-0.3, -0.25) is 9.88 Å². The second kappa shape index (κ2) is 5.63. The maximum Gasteiger partial charge on any atom is 0.330 e. The number of carboxylic acid groups (broad SMARTS) is 1.